The van der Waals surface area contributed by atoms with Gasteiger partial charge in [-0.3, -0.25) is 9.59 Å². The highest BCUT2D eigenvalue weighted by Crippen LogP contribution is 2.12. The lowest BCUT2D eigenvalue weighted by atomic mass is 10.0. The molecule has 0 fully saturated rings. The van der Waals surface area contributed by atoms with Gasteiger partial charge in [0.05, 0.1) is 0 Å². The summed E-state index contributed by atoms with van der Waals surface area (Å²) in [6.45, 7) is 11.6. The molecule has 0 saturated heterocycles. The fourth-order valence-electron chi connectivity index (χ4n) is 1.65. The van der Waals surface area contributed by atoms with Crippen LogP contribution in [0.1, 0.15) is 67.2 Å². The minimum atomic E-state index is -0.701. The molecule has 0 radical (unpaired) electrons. The van der Waals surface area contributed by atoms with Crippen molar-refractivity contribution in [1.29, 1.82) is 0 Å². The van der Waals surface area contributed by atoms with Gasteiger partial charge < -0.3 is 10.1 Å². The van der Waals surface area contributed by atoms with Crippen LogP contribution in [0.5, 0.6) is 0 Å². The molecule has 0 aliphatic heterocycles. The molecule has 4 heteroatoms. The summed E-state index contributed by atoms with van der Waals surface area (Å²) in [6, 6.07) is 0. The smallest absolute Gasteiger partial charge is 0.306 e. The van der Waals surface area contributed by atoms with Crippen molar-refractivity contribution in [2.45, 2.75) is 78.9 Å². The van der Waals surface area contributed by atoms with Crippen LogP contribution in [0.15, 0.2) is 0 Å². The number of hydrogen-bond acceptors (Lipinski definition) is 3. The third-order valence-electron chi connectivity index (χ3n) is 2.60. The summed E-state index contributed by atoms with van der Waals surface area (Å²) in [5, 5.41) is 2.86. The highest BCUT2D eigenvalue weighted by molar-refractivity contribution is 5.84. The lowest BCUT2D eigenvalue weighted by molar-refractivity contribution is -0.159. The number of rotatable bonds is 7. The van der Waals surface area contributed by atoms with E-state index in [9.17, 15) is 9.59 Å². The predicted molar refractivity (Wildman–Crippen MR) is 76.8 cm³/mol. The largest absolute Gasteiger partial charge is 0.452 e. The second-order valence-corrected chi connectivity index (χ2v) is 6.35. The normalized spacial score (nSPS) is 13.2. The zero-order chi connectivity index (χ0) is 15.1. The molecule has 1 amide bonds. The van der Waals surface area contributed by atoms with Crippen molar-refractivity contribution in [2.75, 3.05) is 0 Å². The van der Waals surface area contributed by atoms with Gasteiger partial charge in [0, 0.05) is 12.0 Å². The van der Waals surface area contributed by atoms with Crippen LogP contribution in [-0.2, 0) is 14.3 Å². The number of unbranched alkanes of at least 4 members (excludes halogenated alkanes) is 2. The van der Waals surface area contributed by atoms with E-state index in [0.29, 0.717) is 6.42 Å². The van der Waals surface area contributed by atoms with E-state index in [4.69, 9.17) is 4.74 Å². The monoisotopic (exact) mass is 271 g/mol. The van der Waals surface area contributed by atoms with E-state index >= 15 is 0 Å². The lowest BCUT2D eigenvalue weighted by Crippen LogP contribution is -2.48. The van der Waals surface area contributed by atoms with Gasteiger partial charge in [-0.2, -0.15) is 0 Å². The number of amides is 1. The van der Waals surface area contributed by atoms with Gasteiger partial charge in [-0.05, 0) is 33.1 Å². The van der Waals surface area contributed by atoms with Gasteiger partial charge in [0.2, 0.25) is 0 Å². The van der Waals surface area contributed by atoms with Crippen molar-refractivity contribution in [2.24, 2.45) is 5.92 Å². The van der Waals surface area contributed by atoms with E-state index < -0.39 is 6.10 Å². The first kappa shape index (κ1) is 17.9. The standard InChI is InChI=1S/C15H29NO3/c1-7-8-9-10-12(17)19-13(11(2)3)14(18)16-15(4,5)6/h11,13H,7-10H2,1-6H3,(H,16,18). The minimum Gasteiger partial charge on any atom is -0.452 e. The van der Waals surface area contributed by atoms with Gasteiger partial charge in [-0.25, -0.2) is 0 Å². The molecule has 1 unspecified atom stereocenters. The van der Waals surface area contributed by atoms with Crippen LogP contribution in [0.4, 0.5) is 0 Å². The van der Waals surface area contributed by atoms with Crippen LogP contribution in [0.2, 0.25) is 0 Å². The van der Waals surface area contributed by atoms with Gasteiger partial charge >= 0.3 is 5.97 Å². The van der Waals surface area contributed by atoms with E-state index in [0.717, 1.165) is 19.3 Å². The summed E-state index contributed by atoms with van der Waals surface area (Å²) in [5.41, 5.74) is -0.321. The molecule has 0 aliphatic rings. The Morgan fingerprint density at radius 3 is 2.16 bits per heavy atom. The van der Waals surface area contributed by atoms with Gasteiger partial charge in [-0.15, -0.1) is 0 Å². The second kappa shape index (κ2) is 8.18. The summed E-state index contributed by atoms with van der Waals surface area (Å²) < 4.78 is 5.32. The lowest BCUT2D eigenvalue weighted by Gasteiger charge is -2.26. The third kappa shape index (κ3) is 8.62. The van der Waals surface area contributed by atoms with Crippen LogP contribution >= 0.6 is 0 Å². The van der Waals surface area contributed by atoms with Crippen molar-refractivity contribution in [3.8, 4) is 0 Å². The summed E-state index contributed by atoms with van der Waals surface area (Å²) in [5.74, 6) is -0.528. The van der Waals surface area contributed by atoms with Crippen LogP contribution in [0.3, 0.4) is 0 Å². The summed E-state index contributed by atoms with van der Waals surface area (Å²) in [6.07, 6.45) is 2.58. The van der Waals surface area contributed by atoms with Crippen LogP contribution < -0.4 is 5.32 Å². The van der Waals surface area contributed by atoms with E-state index in [1.165, 1.54) is 0 Å². The van der Waals surface area contributed by atoms with Crippen molar-refractivity contribution in [3.05, 3.63) is 0 Å². The average molecular weight is 271 g/mol. The quantitative estimate of drug-likeness (QED) is 0.572. The van der Waals surface area contributed by atoms with Crippen molar-refractivity contribution in [1.82, 2.24) is 5.32 Å². The van der Waals surface area contributed by atoms with Gasteiger partial charge in [0.15, 0.2) is 6.10 Å². The minimum absolute atomic E-state index is 0.0301. The maximum absolute atomic E-state index is 12.1. The zero-order valence-electron chi connectivity index (χ0n) is 13.2. The molecule has 0 bridgehead atoms. The molecule has 0 heterocycles. The average Bonchev–Trinajstić information content (AvgIpc) is 2.23. The number of carbonyl (C=O) groups is 2. The third-order valence-corrected chi connectivity index (χ3v) is 2.60. The van der Waals surface area contributed by atoms with Gasteiger partial charge in [-0.1, -0.05) is 33.6 Å². The molecule has 0 saturated carbocycles. The van der Waals surface area contributed by atoms with Gasteiger partial charge in [0.25, 0.3) is 5.91 Å². The molecule has 1 atom stereocenters. The molecule has 112 valence electrons. The molecule has 0 aromatic carbocycles. The van der Waals surface area contributed by atoms with E-state index in [1.807, 2.05) is 34.6 Å². The maximum Gasteiger partial charge on any atom is 0.306 e. The number of ether oxygens (including phenoxy) is 1. The molecule has 0 aromatic heterocycles. The summed E-state index contributed by atoms with van der Waals surface area (Å²) in [4.78, 5) is 23.8. The fourth-order valence-corrected chi connectivity index (χ4v) is 1.65. The molecule has 0 spiro atoms. The highest BCUT2D eigenvalue weighted by Gasteiger charge is 2.28. The Bertz CT molecular complexity index is 292. The first-order valence-corrected chi connectivity index (χ1v) is 7.19. The van der Waals surface area contributed by atoms with E-state index in [1.54, 1.807) is 0 Å². The first-order valence-electron chi connectivity index (χ1n) is 7.19. The molecule has 0 rings (SSSR count). The zero-order valence-corrected chi connectivity index (χ0v) is 13.2. The highest BCUT2D eigenvalue weighted by atomic mass is 16.5. The summed E-state index contributed by atoms with van der Waals surface area (Å²) in [7, 11) is 0. The molecular formula is C15H29NO3. The number of hydrogen-bond donors (Lipinski definition) is 1. The molecule has 19 heavy (non-hydrogen) atoms. The van der Waals surface area contributed by atoms with Crippen molar-refractivity contribution in [3.63, 3.8) is 0 Å². The Hall–Kier alpha value is -1.06. The van der Waals surface area contributed by atoms with E-state index in [-0.39, 0.29) is 23.3 Å². The van der Waals surface area contributed by atoms with Crippen molar-refractivity contribution < 1.29 is 14.3 Å². The Morgan fingerprint density at radius 2 is 1.74 bits per heavy atom. The van der Waals surface area contributed by atoms with Gasteiger partial charge in [0.1, 0.15) is 0 Å². The van der Waals surface area contributed by atoms with Crippen LogP contribution in [0, 0.1) is 5.92 Å². The Balaban J connectivity index is 4.41. The molecular weight excluding hydrogens is 242 g/mol. The first-order chi connectivity index (χ1) is 8.67. The summed E-state index contributed by atoms with van der Waals surface area (Å²) >= 11 is 0. The maximum atomic E-state index is 12.1. The number of esters is 1. The molecule has 0 aliphatic carbocycles. The van der Waals surface area contributed by atoms with Crippen LogP contribution in [-0.4, -0.2) is 23.5 Å². The second-order valence-electron chi connectivity index (χ2n) is 6.35. The predicted octanol–water partition coefficient (Wildman–Crippen LogP) is 3.05. The Kier molecular flexibility index (Phi) is 7.72. The fraction of sp³-hybridized carbons (Fsp3) is 0.867. The molecule has 1 N–H and O–H groups in total. The SMILES string of the molecule is CCCCCC(=O)OC(C(=O)NC(C)(C)C)C(C)C. The van der Waals surface area contributed by atoms with Crippen LogP contribution in [0.25, 0.3) is 0 Å². The van der Waals surface area contributed by atoms with Crippen molar-refractivity contribution >= 4 is 11.9 Å². The molecule has 4 nitrogen and oxygen atoms in total. The van der Waals surface area contributed by atoms with E-state index in [2.05, 4.69) is 12.2 Å². The topological polar surface area (TPSA) is 55.4 Å². The molecule has 0 aromatic rings. The Morgan fingerprint density at radius 1 is 1.16 bits per heavy atom. The number of carbonyl (C=O) groups excluding carboxylic acids is 2. The Labute approximate surface area is 117 Å². The number of nitrogens with one attached hydrogen (secondary N) is 1.